The van der Waals surface area contributed by atoms with Crippen LogP contribution in [-0.4, -0.2) is 43.9 Å². The van der Waals surface area contributed by atoms with E-state index in [-0.39, 0.29) is 17.0 Å². The van der Waals surface area contributed by atoms with Gasteiger partial charge in [-0.1, -0.05) is 12.1 Å². The van der Waals surface area contributed by atoms with E-state index in [1.165, 1.54) is 26.2 Å². The zero-order chi connectivity index (χ0) is 15.3. The number of para-hydroxylation sites is 1. The Morgan fingerprint density at radius 1 is 1.45 bits per heavy atom. The first kappa shape index (κ1) is 16.0. The first-order chi connectivity index (χ1) is 9.30. The highest BCUT2D eigenvalue weighted by Gasteiger charge is 2.24. The number of carboxylic acid groups (broad SMARTS) is 1. The van der Waals surface area contributed by atoms with E-state index in [0.29, 0.717) is 0 Å². The van der Waals surface area contributed by atoms with E-state index in [0.717, 1.165) is 4.31 Å². The molecule has 0 amide bonds. The summed E-state index contributed by atoms with van der Waals surface area (Å²) in [4.78, 5) is 11.1. The Morgan fingerprint density at radius 3 is 2.55 bits per heavy atom. The summed E-state index contributed by atoms with van der Waals surface area (Å²) >= 11 is 0. The average molecular weight is 296 g/mol. The van der Waals surface area contributed by atoms with Crippen molar-refractivity contribution in [1.82, 2.24) is 4.31 Å². The van der Waals surface area contributed by atoms with Gasteiger partial charge >= 0.3 is 5.97 Å². The lowest BCUT2D eigenvalue weighted by Crippen LogP contribution is -2.30. The number of carboxylic acids is 1. The minimum atomic E-state index is -3.67. The molecular formula is C13H16N2O4S. The van der Waals surface area contributed by atoms with Gasteiger partial charge in [-0.15, -0.1) is 12.3 Å². The number of carbonyl (C=O) groups is 1. The molecule has 1 atom stereocenters. The molecule has 7 heteroatoms. The maximum absolute atomic E-state index is 12.2. The summed E-state index contributed by atoms with van der Waals surface area (Å²) in [7, 11) is -0.858. The Hall–Kier alpha value is -2.04. The van der Waals surface area contributed by atoms with E-state index in [1.807, 2.05) is 0 Å². The lowest BCUT2D eigenvalue weighted by molar-refractivity contribution is -0.137. The maximum Gasteiger partial charge on any atom is 0.327 e. The quantitative estimate of drug-likeness (QED) is 0.759. The Bertz CT molecular complexity index is 632. The monoisotopic (exact) mass is 296 g/mol. The van der Waals surface area contributed by atoms with E-state index in [4.69, 9.17) is 11.5 Å². The molecule has 0 spiro atoms. The van der Waals surface area contributed by atoms with Gasteiger partial charge in [-0.05, 0) is 12.1 Å². The number of nitrogens with one attached hydrogen (secondary N) is 1. The third-order valence-corrected chi connectivity index (χ3v) is 4.47. The number of aliphatic carboxylic acids is 1. The van der Waals surface area contributed by atoms with Crippen LogP contribution < -0.4 is 5.32 Å². The van der Waals surface area contributed by atoms with Crippen LogP contribution >= 0.6 is 0 Å². The summed E-state index contributed by atoms with van der Waals surface area (Å²) in [5.74, 6) is 1.11. The van der Waals surface area contributed by atoms with Crippen LogP contribution in [0, 0.1) is 12.3 Å². The third-order valence-electron chi connectivity index (χ3n) is 2.60. The number of nitrogens with zero attached hydrogens (tertiary/aromatic N) is 1. The van der Waals surface area contributed by atoms with E-state index in [9.17, 15) is 13.2 Å². The van der Waals surface area contributed by atoms with E-state index >= 15 is 0 Å². The largest absolute Gasteiger partial charge is 0.480 e. The SMILES string of the molecule is C#CCC(Nc1ccccc1S(=O)(=O)N(C)C)C(=O)O. The van der Waals surface area contributed by atoms with Gasteiger partial charge in [0, 0.05) is 20.5 Å². The summed E-state index contributed by atoms with van der Waals surface area (Å²) in [6, 6.07) is 5.05. The fourth-order valence-electron chi connectivity index (χ4n) is 1.51. The number of benzene rings is 1. The third kappa shape index (κ3) is 3.50. The topological polar surface area (TPSA) is 86.7 Å². The molecule has 0 aliphatic rings. The second kappa shape index (κ2) is 6.41. The number of hydrogen-bond acceptors (Lipinski definition) is 4. The number of anilines is 1. The van der Waals surface area contributed by atoms with Crippen LogP contribution in [0.2, 0.25) is 0 Å². The molecule has 2 N–H and O–H groups in total. The highest BCUT2D eigenvalue weighted by molar-refractivity contribution is 7.89. The predicted molar refractivity (Wildman–Crippen MR) is 75.8 cm³/mol. The van der Waals surface area contributed by atoms with Crippen molar-refractivity contribution in [3.05, 3.63) is 24.3 Å². The number of sulfonamides is 1. The van der Waals surface area contributed by atoms with Crippen molar-refractivity contribution in [2.75, 3.05) is 19.4 Å². The Labute approximate surface area is 118 Å². The normalized spacial score (nSPS) is 12.7. The minimum Gasteiger partial charge on any atom is -0.480 e. The lowest BCUT2D eigenvalue weighted by atomic mass is 10.2. The van der Waals surface area contributed by atoms with E-state index in [1.54, 1.807) is 12.1 Å². The predicted octanol–water partition coefficient (Wildman–Crippen LogP) is 0.825. The van der Waals surface area contributed by atoms with Gasteiger partial charge in [0.1, 0.15) is 10.9 Å². The highest BCUT2D eigenvalue weighted by atomic mass is 32.2. The van der Waals surface area contributed by atoms with Crippen molar-refractivity contribution >= 4 is 21.7 Å². The van der Waals surface area contributed by atoms with Crippen molar-refractivity contribution in [1.29, 1.82) is 0 Å². The Kier molecular flexibility index (Phi) is 5.13. The molecule has 0 saturated heterocycles. The van der Waals surface area contributed by atoms with Crippen molar-refractivity contribution in [3.8, 4) is 12.3 Å². The van der Waals surface area contributed by atoms with Crippen LogP contribution in [0.15, 0.2) is 29.2 Å². The second-order valence-corrected chi connectivity index (χ2v) is 6.35. The molecule has 1 aromatic rings. The molecule has 0 bridgehead atoms. The fourth-order valence-corrected chi connectivity index (χ4v) is 2.56. The molecule has 1 unspecified atom stereocenters. The standard InChI is InChI=1S/C13H16N2O4S/c1-4-7-11(13(16)17)14-10-8-5-6-9-12(10)20(18,19)15(2)3/h1,5-6,8-9,11,14H,7H2,2-3H3,(H,16,17). The van der Waals surface area contributed by atoms with Gasteiger partial charge in [-0.2, -0.15) is 0 Å². The van der Waals surface area contributed by atoms with Gasteiger partial charge in [-0.3, -0.25) is 0 Å². The zero-order valence-corrected chi connectivity index (χ0v) is 12.0. The molecule has 0 radical (unpaired) electrons. The van der Waals surface area contributed by atoms with Gasteiger partial charge in [0.2, 0.25) is 10.0 Å². The maximum atomic E-state index is 12.2. The Morgan fingerprint density at radius 2 is 2.05 bits per heavy atom. The summed E-state index contributed by atoms with van der Waals surface area (Å²) < 4.78 is 25.4. The number of hydrogen-bond donors (Lipinski definition) is 2. The molecule has 0 heterocycles. The number of rotatable bonds is 6. The molecule has 0 fully saturated rings. The Balaban J connectivity index is 3.21. The smallest absolute Gasteiger partial charge is 0.327 e. The fraction of sp³-hybridized carbons (Fsp3) is 0.308. The molecule has 20 heavy (non-hydrogen) atoms. The molecule has 0 aliphatic carbocycles. The second-order valence-electron chi connectivity index (χ2n) is 4.23. The summed E-state index contributed by atoms with van der Waals surface area (Å²) in [6.45, 7) is 0. The molecule has 0 aliphatic heterocycles. The van der Waals surface area contributed by atoms with Gasteiger partial charge in [-0.25, -0.2) is 17.5 Å². The minimum absolute atomic E-state index is 0.00766. The molecule has 1 rings (SSSR count). The molecule has 108 valence electrons. The zero-order valence-electron chi connectivity index (χ0n) is 11.2. The summed E-state index contributed by atoms with van der Waals surface area (Å²) in [5, 5.41) is 11.7. The van der Waals surface area contributed by atoms with E-state index in [2.05, 4.69) is 11.2 Å². The van der Waals surface area contributed by atoms with Crippen molar-refractivity contribution in [3.63, 3.8) is 0 Å². The van der Waals surface area contributed by atoms with Crippen LogP contribution in [0.25, 0.3) is 0 Å². The lowest BCUT2D eigenvalue weighted by Gasteiger charge is -2.18. The van der Waals surface area contributed by atoms with E-state index < -0.39 is 22.0 Å². The van der Waals surface area contributed by atoms with Crippen LogP contribution in [0.4, 0.5) is 5.69 Å². The summed E-state index contributed by atoms with van der Waals surface area (Å²) in [5.41, 5.74) is 0.212. The van der Waals surface area contributed by atoms with Gasteiger partial charge in [0.25, 0.3) is 0 Å². The van der Waals surface area contributed by atoms with Crippen LogP contribution in [0.3, 0.4) is 0 Å². The first-order valence-electron chi connectivity index (χ1n) is 5.75. The molecule has 1 aromatic carbocycles. The molecule has 0 aromatic heterocycles. The van der Waals surface area contributed by atoms with Crippen LogP contribution in [0.1, 0.15) is 6.42 Å². The number of terminal acetylenes is 1. The van der Waals surface area contributed by atoms with Crippen molar-refractivity contribution in [2.45, 2.75) is 17.4 Å². The molecular weight excluding hydrogens is 280 g/mol. The van der Waals surface area contributed by atoms with Gasteiger partial charge in [0.15, 0.2) is 0 Å². The van der Waals surface area contributed by atoms with Crippen LogP contribution in [0.5, 0.6) is 0 Å². The van der Waals surface area contributed by atoms with Crippen molar-refractivity contribution in [2.24, 2.45) is 0 Å². The van der Waals surface area contributed by atoms with Gasteiger partial charge in [0.05, 0.1) is 5.69 Å². The van der Waals surface area contributed by atoms with Crippen LogP contribution in [-0.2, 0) is 14.8 Å². The first-order valence-corrected chi connectivity index (χ1v) is 7.19. The molecule has 6 nitrogen and oxygen atoms in total. The highest BCUT2D eigenvalue weighted by Crippen LogP contribution is 2.24. The summed E-state index contributed by atoms with van der Waals surface area (Å²) in [6.07, 6.45) is 5.06. The molecule has 0 saturated carbocycles. The van der Waals surface area contributed by atoms with Gasteiger partial charge < -0.3 is 10.4 Å². The average Bonchev–Trinajstić information content (AvgIpc) is 2.38. The van der Waals surface area contributed by atoms with Crippen molar-refractivity contribution < 1.29 is 18.3 Å².